The Bertz CT molecular complexity index is 1890. The van der Waals surface area contributed by atoms with Crippen LogP contribution in [0, 0.1) is 5.82 Å². The Hall–Kier alpha value is -4.39. The number of likely N-dealkylation sites (tertiary alicyclic amines) is 1. The molecule has 3 aliphatic heterocycles. The number of piperazine rings is 1. The van der Waals surface area contributed by atoms with E-state index in [0.29, 0.717) is 30.6 Å². The van der Waals surface area contributed by atoms with E-state index in [1.165, 1.54) is 18.1 Å². The Morgan fingerprint density at radius 1 is 1.02 bits per heavy atom. The van der Waals surface area contributed by atoms with Crippen molar-refractivity contribution in [2.75, 3.05) is 31.6 Å². The fourth-order valence-corrected chi connectivity index (χ4v) is 7.89. The van der Waals surface area contributed by atoms with E-state index in [4.69, 9.17) is 9.72 Å². The first-order valence-electron chi connectivity index (χ1n) is 19.0. The smallest absolute Gasteiger partial charge is 0.220 e. The highest BCUT2D eigenvalue weighted by Crippen LogP contribution is 2.32. The number of pyridine rings is 1. The van der Waals surface area contributed by atoms with Crippen LogP contribution in [0.2, 0.25) is 0 Å². The molecule has 2 amide bonds. The van der Waals surface area contributed by atoms with E-state index in [0.717, 1.165) is 97.8 Å². The van der Waals surface area contributed by atoms with Crippen molar-refractivity contribution in [1.82, 2.24) is 35.6 Å². The van der Waals surface area contributed by atoms with Gasteiger partial charge < -0.3 is 26.0 Å². The Morgan fingerprint density at radius 3 is 2.56 bits per heavy atom. The number of hydrogen-bond acceptors (Lipinski definition) is 8. The van der Waals surface area contributed by atoms with Crippen LogP contribution in [0.4, 0.5) is 10.1 Å². The molecule has 4 aromatic rings. The van der Waals surface area contributed by atoms with E-state index in [1.807, 2.05) is 29.1 Å². The summed E-state index contributed by atoms with van der Waals surface area (Å²) < 4.78 is 22.5. The van der Waals surface area contributed by atoms with Gasteiger partial charge in [0.2, 0.25) is 11.8 Å². The number of anilines is 1. The van der Waals surface area contributed by atoms with E-state index in [9.17, 15) is 9.59 Å². The second-order valence-corrected chi connectivity index (χ2v) is 14.3. The average molecular weight is 711 g/mol. The molecule has 7 rings (SSSR count). The van der Waals surface area contributed by atoms with E-state index < -0.39 is 0 Å². The monoisotopic (exact) mass is 710 g/mol. The quantitative estimate of drug-likeness (QED) is 0.135. The summed E-state index contributed by atoms with van der Waals surface area (Å²) in [6.07, 6.45) is 6.47. The largest absolute Gasteiger partial charge is 0.381 e. The van der Waals surface area contributed by atoms with Crippen molar-refractivity contribution in [3.63, 3.8) is 0 Å². The molecule has 12 heteroatoms. The third-order valence-corrected chi connectivity index (χ3v) is 10.8. The molecular weight excluding hydrogens is 659 g/mol. The topological polar surface area (TPSA) is 125 Å². The number of halogens is 1. The van der Waals surface area contributed by atoms with Crippen LogP contribution in [0.3, 0.4) is 0 Å². The number of benzene rings is 2. The van der Waals surface area contributed by atoms with E-state index in [-0.39, 0.29) is 43.1 Å². The van der Waals surface area contributed by atoms with Crippen molar-refractivity contribution >= 4 is 28.5 Å². The molecule has 276 valence electrons. The Labute approximate surface area is 305 Å². The van der Waals surface area contributed by atoms with Gasteiger partial charge >= 0.3 is 0 Å². The van der Waals surface area contributed by atoms with Gasteiger partial charge in [-0.15, -0.1) is 0 Å². The Morgan fingerprint density at radius 2 is 1.83 bits per heavy atom. The summed E-state index contributed by atoms with van der Waals surface area (Å²) in [6.45, 7) is 9.87. The first kappa shape index (κ1) is 36.0. The summed E-state index contributed by atoms with van der Waals surface area (Å²) in [5.74, 6) is -0.545. The lowest BCUT2D eigenvalue weighted by Gasteiger charge is -2.27. The van der Waals surface area contributed by atoms with Gasteiger partial charge in [-0.3, -0.25) is 14.5 Å². The molecule has 2 aromatic carbocycles. The van der Waals surface area contributed by atoms with Gasteiger partial charge in [-0.1, -0.05) is 31.2 Å². The maximum atomic E-state index is 15.0. The SMILES string of the molecule is CCc1nc2c(cnn2CC)c(NC2CCOCC2)c1CNC(=O)CCCC(=O)NCc1ccc(F)c(-c2cccc(CN3CC4CC3CN4)c2)c1. The zero-order valence-corrected chi connectivity index (χ0v) is 30.3. The van der Waals surface area contributed by atoms with Gasteiger partial charge in [0, 0.05) is 100 Å². The lowest BCUT2D eigenvalue weighted by Crippen LogP contribution is -2.42. The molecule has 0 radical (unpaired) electrons. The second kappa shape index (κ2) is 16.5. The fourth-order valence-electron chi connectivity index (χ4n) is 7.89. The molecule has 3 aliphatic rings. The number of carbonyl (C=O) groups excluding carboxylic acids is 2. The van der Waals surface area contributed by atoms with Crippen molar-refractivity contribution in [2.24, 2.45) is 0 Å². The summed E-state index contributed by atoms with van der Waals surface area (Å²) >= 11 is 0. The molecule has 3 fully saturated rings. The van der Waals surface area contributed by atoms with Gasteiger partial charge in [0.15, 0.2) is 5.65 Å². The van der Waals surface area contributed by atoms with Crippen LogP contribution in [-0.4, -0.2) is 75.9 Å². The molecular formula is C40H51FN8O3. The summed E-state index contributed by atoms with van der Waals surface area (Å²) in [5, 5.41) is 18.8. The second-order valence-electron chi connectivity index (χ2n) is 14.3. The van der Waals surface area contributed by atoms with Crippen molar-refractivity contribution in [2.45, 2.75) is 103 Å². The molecule has 2 bridgehead atoms. The molecule has 2 aromatic heterocycles. The highest BCUT2D eigenvalue weighted by Gasteiger charge is 2.37. The number of carbonyl (C=O) groups is 2. The number of ether oxygens (including phenoxy) is 1. The number of nitrogens with one attached hydrogen (secondary N) is 4. The number of amides is 2. The molecule has 2 atom stereocenters. The lowest BCUT2D eigenvalue weighted by atomic mass is 10.00. The third kappa shape index (κ3) is 8.29. The summed E-state index contributed by atoms with van der Waals surface area (Å²) in [6, 6.07) is 14.5. The van der Waals surface area contributed by atoms with Crippen LogP contribution >= 0.6 is 0 Å². The van der Waals surface area contributed by atoms with Crippen LogP contribution in [-0.2, 0) is 46.9 Å². The average Bonchev–Trinajstić information content (AvgIpc) is 3.91. The predicted molar refractivity (Wildman–Crippen MR) is 200 cm³/mol. The van der Waals surface area contributed by atoms with Gasteiger partial charge in [-0.05, 0) is 73.9 Å². The minimum atomic E-state index is -0.285. The zero-order valence-electron chi connectivity index (χ0n) is 30.3. The van der Waals surface area contributed by atoms with Crippen molar-refractivity contribution in [3.8, 4) is 11.1 Å². The normalized spacial score (nSPS) is 19.0. The molecule has 52 heavy (non-hydrogen) atoms. The van der Waals surface area contributed by atoms with Crippen LogP contribution in [0.15, 0.2) is 48.7 Å². The molecule has 0 spiro atoms. The molecule has 5 heterocycles. The summed E-state index contributed by atoms with van der Waals surface area (Å²) in [4.78, 5) is 33.2. The standard InChI is InChI=1S/C40H51FN8O3/c1-3-36-33(39(46-29-13-15-52-16-14-29)34-23-45-49(4-2)40(34)47-36)22-44-38(51)10-6-9-37(50)43-20-26-11-12-35(41)32(18-26)28-8-5-7-27(17-28)24-48-25-30-19-31(48)21-42-30/h5,7-8,11-12,17-18,23,29-31,42H,3-4,6,9-10,13-16,19-22,24-25H2,1-2H3,(H,43,50)(H,44,51)(H,46,47). The van der Waals surface area contributed by atoms with Gasteiger partial charge in [0.05, 0.1) is 17.3 Å². The molecule has 0 aliphatic carbocycles. The number of fused-ring (bicyclic) bond motifs is 3. The Balaban J connectivity index is 0.908. The predicted octanol–water partition coefficient (Wildman–Crippen LogP) is 5.06. The van der Waals surface area contributed by atoms with Gasteiger partial charge in [0.1, 0.15) is 5.82 Å². The Kier molecular flexibility index (Phi) is 11.4. The zero-order chi connectivity index (χ0) is 36.0. The highest BCUT2D eigenvalue weighted by molar-refractivity contribution is 5.92. The number of hydrogen-bond donors (Lipinski definition) is 4. The number of aromatic nitrogens is 3. The third-order valence-electron chi connectivity index (χ3n) is 10.8. The molecule has 3 saturated heterocycles. The van der Waals surface area contributed by atoms with E-state index in [2.05, 4.69) is 57.2 Å². The summed E-state index contributed by atoms with van der Waals surface area (Å²) in [5.41, 5.74) is 7.09. The van der Waals surface area contributed by atoms with E-state index in [1.54, 1.807) is 6.07 Å². The lowest BCUT2D eigenvalue weighted by molar-refractivity contribution is -0.122. The van der Waals surface area contributed by atoms with Crippen molar-refractivity contribution < 1.29 is 18.7 Å². The van der Waals surface area contributed by atoms with E-state index >= 15 is 4.39 Å². The molecule has 11 nitrogen and oxygen atoms in total. The minimum Gasteiger partial charge on any atom is -0.381 e. The number of rotatable bonds is 15. The van der Waals surface area contributed by atoms with Gasteiger partial charge in [0.25, 0.3) is 0 Å². The van der Waals surface area contributed by atoms with Crippen LogP contribution < -0.4 is 21.3 Å². The van der Waals surface area contributed by atoms with Crippen molar-refractivity contribution in [3.05, 3.63) is 76.9 Å². The fraction of sp³-hybridized carbons (Fsp3) is 0.500. The maximum absolute atomic E-state index is 15.0. The number of aryl methyl sites for hydroxylation is 2. The van der Waals surface area contributed by atoms with Crippen molar-refractivity contribution in [1.29, 1.82) is 0 Å². The van der Waals surface area contributed by atoms with Gasteiger partial charge in [-0.2, -0.15) is 5.10 Å². The minimum absolute atomic E-state index is 0.115. The molecule has 4 N–H and O–H groups in total. The number of nitrogens with zero attached hydrogens (tertiary/aromatic N) is 4. The van der Waals surface area contributed by atoms with Gasteiger partial charge in [-0.25, -0.2) is 14.1 Å². The van der Waals surface area contributed by atoms with Crippen LogP contribution in [0.25, 0.3) is 22.2 Å². The summed E-state index contributed by atoms with van der Waals surface area (Å²) in [7, 11) is 0. The van der Waals surface area contributed by atoms with Crippen LogP contribution in [0.5, 0.6) is 0 Å². The highest BCUT2D eigenvalue weighted by atomic mass is 19.1. The molecule has 2 unspecified atom stereocenters. The first-order chi connectivity index (χ1) is 25.4. The maximum Gasteiger partial charge on any atom is 0.220 e. The van der Waals surface area contributed by atoms with Crippen LogP contribution in [0.1, 0.15) is 74.8 Å². The first-order valence-corrected chi connectivity index (χ1v) is 19.0. The molecule has 0 saturated carbocycles.